The van der Waals surface area contributed by atoms with Gasteiger partial charge in [0.2, 0.25) is 0 Å². The molecule has 7 heteroatoms. The van der Waals surface area contributed by atoms with E-state index in [1.165, 1.54) is 0 Å². The van der Waals surface area contributed by atoms with Crippen molar-refractivity contribution in [2.75, 3.05) is 13.2 Å². The minimum atomic E-state index is -1.40. The van der Waals surface area contributed by atoms with Gasteiger partial charge in [0.25, 0.3) is 0 Å². The lowest BCUT2D eigenvalue weighted by molar-refractivity contribution is -0.163. The van der Waals surface area contributed by atoms with E-state index < -0.39 is 18.2 Å². The van der Waals surface area contributed by atoms with E-state index in [1.807, 2.05) is 27.7 Å². The molecule has 0 saturated carbocycles. The Labute approximate surface area is 169 Å². The summed E-state index contributed by atoms with van der Waals surface area (Å²) in [4.78, 5) is 12.2. The van der Waals surface area contributed by atoms with Crippen molar-refractivity contribution in [2.45, 2.75) is 91.0 Å². The number of rotatable bonds is 15. The Morgan fingerprint density at radius 3 is 1.70 bits per heavy atom. The van der Waals surface area contributed by atoms with Crippen molar-refractivity contribution >= 4 is 23.2 Å². The van der Waals surface area contributed by atoms with Crippen LogP contribution < -0.4 is 0 Å². The first kappa shape index (κ1) is 26.2. The maximum atomic E-state index is 12.2. The van der Waals surface area contributed by atoms with Crippen LogP contribution in [0.2, 0.25) is 0 Å². The Kier molecular flexibility index (Phi) is 14.8. The van der Waals surface area contributed by atoms with Crippen LogP contribution in [0.25, 0.3) is 0 Å². The van der Waals surface area contributed by atoms with Crippen LogP contribution in [0.1, 0.15) is 72.6 Å². The number of aliphatic hydroxyl groups is 3. The summed E-state index contributed by atoms with van der Waals surface area (Å²) >= 11 is 5.21. The number of aliphatic hydroxyl groups excluding tert-OH is 3. The first-order valence-electron chi connectivity index (χ1n) is 10.2. The number of hydrogen-bond acceptors (Lipinski definition) is 7. The molecule has 0 saturated heterocycles. The number of carbonyl (C=O) groups is 1. The van der Waals surface area contributed by atoms with Crippen molar-refractivity contribution < 1.29 is 29.6 Å². The molecule has 0 aromatic rings. The highest BCUT2D eigenvalue weighted by Gasteiger charge is 2.28. The molecule has 5 atom stereocenters. The average molecular weight is 407 g/mol. The van der Waals surface area contributed by atoms with Gasteiger partial charge < -0.3 is 24.8 Å². The molecule has 0 aliphatic heterocycles. The summed E-state index contributed by atoms with van der Waals surface area (Å²) in [7, 11) is 0. The van der Waals surface area contributed by atoms with Crippen molar-refractivity contribution in [3.8, 4) is 0 Å². The molecule has 0 bridgehead atoms. The van der Waals surface area contributed by atoms with Gasteiger partial charge in [-0.2, -0.15) is 0 Å². The summed E-state index contributed by atoms with van der Waals surface area (Å²) in [6, 6.07) is 0. The van der Waals surface area contributed by atoms with Crippen LogP contribution in [-0.4, -0.2) is 57.9 Å². The SMILES string of the molecule is CCCC(OC(=O)C(O)CC(=S)OC(CCC)C(CC)CO)C(CC)CO. The Morgan fingerprint density at radius 2 is 1.33 bits per heavy atom. The third kappa shape index (κ3) is 9.83. The molecule has 0 radical (unpaired) electrons. The van der Waals surface area contributed by atoms with Crippen molar-refractivity contribution in [2.24, 2.45) is 11.8 Å². The number of carbonyl (C=O) groups excluding carboxylic acids is 1. The summed E-state index contributed by atoms with van der Waals surface area (Å²) in [6.07, 6.45) is 2.34. The van der Waals surface area contributed by atoms with Crippen LogP contribution in [0, 0.1) is 11.8 Å². The minimum Gasteiger partial charge on any atom is -0.483 e. The standard InChI is InChI=1S/C20H38O6S/c1-5-9-17(14(7-3)12-21)25-19(27)11-16(23)20(24)26-18(10-6-2)15(8-4)13-22/h14-18,21-23H,5-13H2,1-4H3. The maximum Gasteiger partial charge on any atom is 0.335 e. The summed E-state index contributed by atoms with van der Waals surface area (Å²) in [6.45, 7) is 7.84. The fourth-order valence-electron chi connectivity index (χ4n) is 3.06. The zero-order valence-electron chi connectivity index (χ0n) is 17.2. The van der Waals surface area contributed by atoms with E-state index in [1.54, 1.807) is 0 Å². The average Bonchev–Trinajstić information content (AvgIpc) is 2.63. The molecule has 0 heterocycles. The second-order valence-electron chi connectivity index (χ2n) is 7.00. The molecule has 0 aromatic carbocycles. The van der Waals surface area contributed by atoms with Crippen LogP contribution in [0.4, 0.5) is 0 Å². The van der Waals surface area contributed by atoms with Gasteiger partial charge in [0, 0.05) is 25.0 Å². The fourth-order valence-corrected chi connectivity index (χ4v) is 3.34. The molecule has 0 aliphatic rings. The first-order chi connectivity index (χ1) is 12.9. The predicted molar refractivity (Wildman–Crippen MR) is 110 cm³/mol. The van der Waals surface area contributed by atoms with Crippen LogP contribution in [0.5, 0.6) is 0 Å². The van der Waals surface area contributed by atoms with Crippen molar-refractivity contribution in [1.82, 2.24) is 0 Å². The molecule has 3 N–H and O–H groups in total. The second-order valence-corrected chi connectivity index (χ2v) is 7.46. The Hall–Kier alpha value is -0.760. The zero-order valence-corrected chi connectivity index (χ0v) is 18.0. The summed E-state index contributed by atoms with van der Waals surface area (Å²) in [5, 5.41) is 29.3. The molecule has 160 valence electrons. The van der Waals surface area contributed by atoms with Crippen molar-refractivity contribution in [3.05, 3.63) is 0 Å². The second kappa shape index (κ2) is 15.2. The Bertz CT molecular complexity index is 409. The topological polar surface area (TPSA) is 96.2 Å². The largest absolute Gasteiger partial charge is 0.483 e. The molecule has 0 rings (SSSR count). The highest BCUT2D eigenvalue weighted by atomic mass is 32.1. The molecule has 0 amide bonds. The van der Waals surface area contributed by atoms with E-state index in [2.05, 4.69) is 0 Å². The highest BCUT2D eigenvalue weighted by Crippen LogP contribution is 2.20. The number of esters is 1. The van der Waals surface area contributed by atoms with Crippen molar-refractivity contribution in [3.63, 3.8) is 0 Å². The first-order valence-corrected chi connectivity index (χ1v) is 10.6. The van der Waals surface area contributed by atoms with Crippen molar-refractivity contribution in [1.29, 1.82) is 0 Å². The molecule has 0 spiro atoms. The van der Waals surface area contributed by atoms with Gasteiger partial charge in [0.1, 0.15) is 12.2 Å². The van der Waals surface area contributed by atoms with E-state index in [-0.39, 0.29) is 42.6 Å². The molecule has 5 unspecified atom stereocenters. The quantitative estimate of drug-likeness (QED) is 0.284. The lowest BCUT2D eigenvalue weighted by Gasteiger charge is -2.27. The molecule has 0 aliphatic carbocycles. The normalized spacial score (nSPS) is 16.9. The third-order valence-corrected chi connectivity index (χ3v) is 5.16. The lowest BCUT2D eigenvalue weighted by Crippen LogP contribution is -2.36. The zero-order chi connectivity index (χ0) is 20.8. The molecular weight excluding hydrogens is 368 g/mol. The Balaban J connectivity index is 4.76. The Morgan fingerprint density at radius 1 is 0.889 bits per heavy atom. The highest BCUT2D eigenvalue weighted by molar-refractivity contribution is 7.80. The number of thiocarbonyl (C=S) groups is 1. The van der Waals surface area contributed by atoms with Gasteiger partial charge >= 0.3 is 5.97 Å². The molecule has 6 nitrogen and oxygen atoms in total. The van der Waals surface area contributed by atoms with E-state index in [0.29, 0.717) is 12.8 Å². The van der Waals surface area contributed by atoms with Gasteiger partial charge in [-0.3, -0.25) is 0 Å². The predicted octanol–water partition coefficient (Wildman–Crippen LogP) is 3.00. The van der Waals surface area contributed by atoms with E-state index in [9.17, 15) is 20.1 Å². The van der Waals surface area contributed by atoms with E-state index in [0.717, 1.165) is 25.7 Å². The van der Waals surface area contributed by atoms with Crippen LogP contribution in [-0.2, 0) is 14.3 Å². The van der Waals surface area contributed by atoms with E-state index >= 15 is 0 Å². The molecule has 0 fully saturated rings. The summed E-state index contributed by atoms with van der Waals surface area (Å²) in [5.74, 6) is -0.920. The van der Waals surface area contributed by atoms with Crippen LogP contribution in [0.3, 0.4) is 0 Å². The smallest absolute Gasteiger partial charge is 0.335 e. The van der Waals surface area contributed by atoms with Gasteiger partial charge in [0.05, 0.1) is 6.42 Å². The fraction of sp³-hybridized carbons (Fsp3) is 0.900. The molecular formula is C20H38O6S. The van der Waals surface area contributed by atoms with Gasteiger partial charge in [-0.15, -0.1) is 0 Å². The monoisotopic (exact) mass is 406 g/mol. The lowest BCUT2D eigenvalue weighted by atomic mass is 9.96. The third-order valence-electron chi connectivity index (χ3n) is 4.90. The number of ether oxygens (including phenoxy) is 2. The van der Waals surface area contributed by atoms with Gasteiger partial charge in [-0.25, -0.2) is 4.79 Å². The van der Waals surface area contributed by atoms with Crippen LogP contribution in [0.15, 0.2) is 0 Å². The molecule has 27 heavy (non-hydrogen) atoms. The maximum absolute atomic E-state index is 12.2. The molecule has 0 aromatic heterocycles. The minimum absolute atomic E-state index is 0.00659. The summed E-state index contributed by atoms with van der Waals surface area (Å²) < 4.78 is 11.2. The van der Waals surface area contributed by atoms with E-state index in [4.69, 9.17) is 21.7 Å². The van der Waals surface area contributed by atoms with Gasteiger partial charge in [-0.05, 0) is 37.9 Å². The van der Waals surface area contributed by atoms with Gasteiger partial charge in [-0.1, -0.05) is 40.5 Å². The summed E-state index contributed by atoms with van der Waals surface area (Å²) in [5.41, 5.74) is 0. The number of hydrogen-bond donors (Lipinski definition) is 3. The van der Waals surface area contributed by atoms with Crippen LogP contribution >= 0.6 is 12.2 Å². The van der Waals surface area contributed by atoms with Gasteiger partial charge in [0.15, 0.2) is 11.2 Å².